The number of nitrogens with zero attached hydrogens (tertiary/aromatic N) is 3. The molecule has 0 amide bonds. The number of rotatable bonds is 5. The Labute approximate surface area is 160 Å². The number of allylic oxidation sites excluding steroid dienone is 5. The molecule has 0 aromatic carbocycles. The van der Waals surface area contributed by atoms with Crippen LogP contribution in [0.1, 0.15) is 24.1 Å². The van der Waals surface area contributed by atoms with Crippen molar-refractivity contribution in [2.24, 2.45) is 17.8 Å². The summed E-state index contributed by atoms with van der Waals surface area (Å²) in [7, 11) is 1.93. The minimum Gasteiger partial charge on any atom is -0.384 e. The van der Waals surface area contributed by atoms with Gasteiger partial charge in [0.2, 0.25) is 0 Å². The molecule has 2 heterocycles. The van der Waals surface area contributed by atoms with Crippen molar-refractivity contribution in [3.05, 3.63) is 95.7 Å². The molecule has 0 aliphatic heterocycles. The van der Waals surface area contributed by atoms with Crippen LogP contribution in [0.4, 0.5) is 0 Å². The van der Waals surface area contributed by atoms with Crippen molar-refractivity contribution in [1.82, 2.24) is 9.55 Å². The molecule has 138 valence electrons. The fourth-order valence-corrected chi connectivity index (χ4v) is 3.25. The van der Waals surface area contributed by atoms with E-state index in [2.05, 4.69) is 54.3 Å². The van der Waals surface area contributed by atoms with Gasteiger partial charge in [0.25, 0.3) is 0 Å². The van der Waals surface area contributed by atoms with Gasteiger partial charge in [-0.1, -0.05) is 31.4 Å². The van der Waals surface area contributed by atoms with E-state index in [-0.39, 0.29) is 0 Å². The van der Waals surface area contributed by atoms with Gasteiger partial charge in [0.05, 0.1) is 0 Å². The van der Waals surface area contributed by atoms with E-state index in [0.29, 0.717) is 5.82 Å². The normalized spacial score (nSPS) is 14.5. The highest BCUT2D eigenvalue weighted by Crippen LogP contribution is 2.26. The smallest absolute Gasteiger partial charge is 0.135 e. The number of pyridine rings is 2. The van der Waals surface area contributed by atoms with E-state index in [1.54, 1.807) is 0 Å². The average molecular weight is 358 g/mol. The second kappa shape index (κ2) is 8.04. The summed E-state index contributed by atoms with van der Waals surface area (Å²) in [5.41, 5.74) is 13.4. The Balaban J connectivity index is 1.99. The molecule has 2 aromatic heterocycles. The Morgan fingerprint density at radius 1 is 1.30 bits per heavy atom. The average Bonchev–Trinajstić information content (AvgIpc) is 2.65. The summed E-state index contributed by atoms with van der Waals surface area (Å²) in [6.45, 7) is 9.68. The molecule has 0 bridgehead atoms. The molecule has 0 saturated carbocycles. The van der Waals surface area contributed by atoms with Crippen molar-refractivity contribution in [1.29, 1.82) is 0 Å². The first-order valence-corrected chi connectivity index (χ1v) is 9.11. The van der Waals surface area contributed by atoms with E-state index in [1.807, 2.05) is 36.2 Å². The maximum Gasteiger partial charge on any atom is 0.135 e. The molecule has 3 rings (SSSR count). The zero-order chi connectivity index (χ0) is 19.4. The van der Waals surface area contributed by atoms with Crippen LogP contribution in [0.25, 0.3) is 11.1 Å². The summed E-state index contributed by atoms with van der Waals surface area (Å²) in [5, 5.41) is 0. The largest absolute Gasteiger partial charge is 0.384 e. The first-order valence-electron chi connectivity index (χ1n) is 9.11. The molecule has 0 saturated heterocycles. The molecule has 0 radical (unpaired) electrons. The molecule has 1 aliphatic rings. The van der Waals surface area contributed by atoms with Gasteiger partial charge in [0, 0.05) is 30.7 Å². The summed E-state index contributed by atoms with van der Waals surface area (Å²) < 4.78 is 1.91. The van der Waals surface area contributed by atoms with Crippen molar-refractivity contribution in [2.75, 3.05) is 0 Å². The zero-order valence-corrected chi connectivity index (χ0v) is 16.1. The first-order chi connectivity index (χ1) is 13.0. The molecule has 0 atom stereocenters. The number of hydrogen-bond acceptors (Lipinski definition) is 3. The van der Waals surface area contributed by atoms with Gasteiger partial charge in [-0.15, -0.1) is 0 Å². The fourth-order valence-electron chi connectivity index (χ4n) is 3.25. The molecule has 2 N–H and O–H groups in total. The highest BCUT2D eigenvalue weighted by atomic mass is 15.0. The Morgan fingerprint density at radius 2 is 2.07 bits per heavy atom. The van der Waals surface area contributed by atoms with E-state index in [4.69, 9.17) is 5.73 Å². The third-order valence-corrected chi connectivity index (χ3v) is 4.80. The lowest BCUT2D eigenvalue weighted by Gasteiger charge is -2.15. The van der Waals surface area contributed by atoms with Gasteiger partial charge in [-0.2, -0.15) is 0 Å². The number of nitrogens with two attached hydrogens (primary N) is 1. The standard InChI is InChI=1S/C23H26N4/c1-5-18-8-6-7-9-19(18)12-21-13-22(15-25-16(21)2)20-10-11-27(4)23(14-20)26-17(3)24/h5,8-11,13-15H,1,3,6-7,12,24H2,2,4H3. The Morgan fingerprint density at radius 3 is 2.81 bits per heavy atom. The maximum atomic E-state index is 5.65. The predicted octanol–water partition coefficient (Wildman–Crippen LogP) is 4.10. The topological polar surface area (TPSA) is 56.2 Å². The molecule has 4 nitrogen and oxygen atoms in total. The van der Waals surface area contributed by atoms with Crippen LogP contribution in [0.3, 0.4) is 0 Å². The van der Waals surface area contributed by atoms with Crippen molar-refractivity contribution in [3.8, 4) is 11.1 Å². The number of aromatic nitrogens is 2. The third-order valence-electron chi connectivity index (χ3n) is 4.80. The molecule has 4 heteroatoms. The minimum atomic E-state index is 0.290. The van der Waals surface area contributed by atoms with E-state index >= 15 is 0 Å². The summed E-state index contributed by atoms with van der Waals surface area (Å²) in [6.07, 6.45) is 13.4. The lowest BCUT2D eigenvalue weighted by Crippen LogP contribution is -2.18. The second-order valence-electron chi connectivity index (χ2n) is 6.80. The van der Waals surface area contributed by atoms with Gasteiger partial charge < -0.3 is 10.3 Å². The molecular weight excluding hydrogens is 332 g/mol. The Kier molecular flexibility index (Phi) is 5.55. The van der Waals surface area contributed by atoms with Gasteiger partial charge >= 0.3 is 0 Å². The summed E-state index contributed by atoms with van der Waals surface area (Å²) in [4.78, 5) is 8.93. The van der Waals surface area contributed by atoms with Crippen LogP contribution in [0.5, 0.6) is 0 Å². The Hall–Kier alpha value is -3.14. The van der Waals surface area contributed by atoms with Crippen LogP contribution >= 0.6 is 0 Å². The molecule has 1 aliphatic carbocycles. The molecular formula is C23H26N4. The van der Waals surface area contributed by atoms with Crippen molar-refractivity contribution < 1.29 is 0 Å². The van der Waals surface area contributed by atoms with Crippen LogP contribution in [0, 0.1) is 6.92 Å². The van der Waals surface area contributed by atoms with E-state index in [1.165, 1.54) is 16.7 Å². The van der Waals surface area contributed by atoms with Gasteiger partial charge in [-0.05, 0) is 66.7 Å². The Bertz CT molecular complexity index is 1020. The number of hydrogen-bond donors (Lipinski definition) is 1. The van der Waals surface area contributed by atoms with Gasteiger partial charge in [0.1, 0.15) is 11.3 Å². The van der Waals surface area contributed by atoms with E-state index in [0.717, 1.165) is 41.6 Å². The molecule has 0 spiro atoms. The minimum absolute atomic E-state index is 0.290. The molecule has 0 fully saturated rings. The van der Waals surface area contributed by atoms with Crippen molar-refractivity contribution >= 4 is 0 Å². The third kappa shape index (κ3) is 4.34. The zero-order valence-electron chi connectivity index (χ0n) is 16.1. The fraction of sp³-hybridized carbons (Fsp3) is 0.217. The molecule has 27 heavy (non-hydrogen) atoms. The summed E-state index contributed by atoms with van der Waals surface area (Å²) in [6, 6.07) is 6.28. The van der Waals surface area contributed by atoms with Crippen molar-refractivity contribution in [2.45, 2.75) is 26.2 Å². The second-order valence-corrected chi connectivity index (χ2v) is 6.80. The van der Waals surface area contributed by atoms with Crippen LogP contribution in [-0.4, -0.2) is 9.55 Å². The lowest BCUT2D eigenvalue weighted by atomic mass is 9.91. The highest BCUT2D eigenvalue weighted by molar-refractivity contribution is 5.63. The van der Waals surface area contributed by atoms with Crippen LogP contribution in [0.15, 0.2) is 83.9 Å². The molecule has 2 aromatic rings. The van der Waals surface area contributed by atoms with Gasteiger partial charge in [-0.3, -0.25) is 4.98 Å². The predicted molar refractivity (Wildman–Crippen MR) is 112 cm³/mol. The quantitative estimate of drug-likeness (QED) is 0.875. The SMILES string of the molecule is C=CC1=CCCC=C1Cc1cc(-c2ccn(C)c(=NC(=C)N)c2)cnc1C. The van der Waals surface area contributed by atoms with Gasteiger partial charge in [-0.25, -0.2) is 4.99 Å². The monoisotopic (exact) mass is 358 g/mol. The lowest BCUT2D eigenvalue weighted by molar-refractivity contribution is 0.826. The highest BCUT2D eigenvalue weighted by Gasteiger charge is 2.11. The van der Waals surface area contributed by atoms with Gasteiger partial charge in [0.15, 0.2) is 0 Å². The first kappa shape index (κ1) is 18.6. The van der Waals surface area contributed by atoms with Crippen LogP contribution in [0.2, 0.25) is 0 Å². The van der Waals surface area contributed by atoms with E-state index < -0.39 is 0 Å². The maximum absolute atomic E-state index is 5.65. The summed E-state index contributed by atoms with van der Waals surface area (Å²) >= 11 is 0. The van der Waals surface area contributed by atoms with Crippen molar-refractivity contribution in [3.63, 3.8) is 0 Å². The summed E-state index contributed by atoms with van der Waals surface area (Å²) in [5.74, 6) is 0.290. The molecule has 0 unspecified atom stereocenters. The number of aryl methyl sites for hydroxylation is 2. The van der Waals surface area contributed by atoms with E-state index in [9.17, 15) is 0 Å². The van der Waals surface area contributed by atoms with Crippen LogP contribution in [-0.2, 0) is 13.5 Å². The van der Waals surface area contributed by atoms with Crippen LogP contribution < -0.4 is 11.2 Å².